The number of hydrogen-bond donors (Lipinski definition) is 0. The number of aryl methyl sites for hydroxylation is 2. The zero-order chi connectivity index (χ0) is 16.6. The fourth-order valence-corrected chi connectivity index (χ4v) is 2.48. The summed E-state index contributed by atoms with van der Waals surface area (Å²) in [6.07, 6.45) is 3.46. The van der Waals surface area contributed by atoms with Crippen LogP contribution in [0.5, 0.6) is 5.88 Å². The van der Waals surface area contributed by atoms with E-state index in [1.165, 1.54) is 6.92 Å². The van der Waals surface area contributed by atoms with Gasteiger partial charge in [0.25, 0.3) is 0 Å². The van der Waals surface area contributed by atoms with Gasteiger partial charge in [0.05, 0.1) is 6.61 Å². The molecule has 0 unspecified atom stereocenters. The smallest absolute Gasteiger partial charge is 0.479 e. The monoisotopic (exact) mass is 361 g/mol. The van der Waals surface area contributed by atoms with Crippen molar-refractivity contribution < 1.29 is 69.1 Å². The van der Waals surface area contributed by atoms with Crippen molar-refractivity contribution in [2.75, 3.05) is 6.61 Å². The predicted octanol–water partition coefficient (Wildman–Crippen LogP) is -0.271. The second-order valence-electron chi connectivity index (χ2n) is 5.93. The van der Waals surface area contributed by atoms with E-state index in [2.05, 4.69) is 15.0 Å². The normalized spacial score (nSPS) is 19.5. The molecular formula is C15H16BF3KN3O. The van der Waals surface area contributed by atoms with E-state index in [1.807, 2.05) is 19.1 Å². The Bertz CT molecular complexity index is 712. The van der Waals surface area contributed by atoms with Gasteiger partial charge >= 0.3 is 58.4 Å². The van der Waals surface area contributed by atoms with E-state index >= 15 is 0 Å². The molecule has 0 bridgehead atoms. The third-order valence-electron chi connectivity index (χ3n) is 3.92. The average molecular weight is 361 g/mol. The third-order valence-corrected chi connectivity index (χ3v) is 3.92. The van der Waals surface area contributed by atoms with Crippen molar-refractivity contribution in [1.29, 1.82) is 0 Å². The maximum absolute atomic E-state index is 13.0. The van der Waals surface area contributed by atoms with Gasteiger partial charge < -0.3 is 17.7 Å². The Morgan fingerprint density at radius 3 is 2.54 bits per heavy atom. The van der Waals surface area contributed by atoms with Gasteiger partial charge in [0, 0.05) is 29.9 Å². The summed E-state index contributed by atoms with van der Waals surface area (Å²) in [7, 11) is 0. The molecule has 2 aromatic heterocycles. The molecule has 0 amide bonds. The summed E-state index contributed by atoms with van der Waals surface area (Å²) in [4.78, 5) is 11.8. The summed E-state index contributed by atoms with van der Waals surface area (Å²) >= 11 is 0. The zero-order valence-electron chi connectivity index (χ0n) is 13.8. The quantitative estimate of drug-likeness (QED) is 0.688. The van der Waals surface area contributed by atoms with Crippen LogP contribution in [0.25, 0.3) is 0 Å². The SMILES string of the molecule is Cc1ccc([C@H]2C[C@@H]2COc2nc(C)ncc2[B-](F)(F)F)nc1.[K+]. The molecule has 24 heavy (non-hydrogen) atoms. The molecule has 3 rings (SSSR count). The number of pyridine rings is 1. The van der Waals surface area contributed by atoms with E-state index < -0.39 is 12.4 Å². The van der Waals surface area contributed by atoms with Gasteiger partial charge in [-0.25, -0.2) is 9.97 Å². The summed E-state index contributed by atoms with van der Waals surface area (Å²) in [5.74, 6) is 0.316. The van der Waals surface area contributed by atoms with E-state index in [1.54, 1.807) is 6.20 Å². The molecule has 1 aliphatic rings. The topological polar surface area (TPSA) is 47.9 Å². The minimum absolute atomic E-state index is 0. The molecule has 1 aliphatic carbocycles. The maximum atomic E-state index is 13.0. The number of rotatable bonds is 5. The molecule has 9 heteroatoms. The molecule has 0 aromatic carbocycles. The minimum Gasteiger partial charge on any atom is -0.479 e. The number of hydrogen-bond acceptors (Lipinski definition) is 4. The van der Waals surface area contributed by atoms with Crippen molar-refractivity contribution in [3.8, 4) is 5.88 Å². The van der Waals surface area contributed by atoms with Crippen LogP contribution >= 0.6 is 0 Å². The fraction of sp³-hybridized carbons (Fsp3) is 0.400. The van der Waals surface area contributed by atoms with Gasteiger partial charge in [0.15, 0.2) is 5.88 Å². The summed E-state index contributed by atoms with van der Waals surface area (Å²) in [5.41, 5.74) is 1.17. The second kappa shape index (κ2) is 7.82. The Kier molecular flexibility index (Phi) is 6.47. The molecule has 2 atom stereocenters. The Hall–Kier alpha value is -0.479. The number of aromatic nitrogens is 3. The Morgan fingerprint density at radius 1 is 1.17 bits per heavy atom. The van der Waals surface area contributed by atoms with Crippen LogP contribution in [0.3, 0.4) is 0 Å². The van der Waals surface area contributed by atoms with Crippen LogP contribution in [0, 0.1) is 19.8 Å². The van der Waals surface area contributed by atoms with Crippen LogP contribution in [0.1, 0.15) is 29.4 Å². The number of nitrogens with zero attached hydrogens (tertiary/aromatic N) is 3. The first kappa shape index (κ1) is 19.8. The van der Waals surface area contributed by atoms with Crippen molar-refractivity contribution in [3.05, 3.63) is 41.6 Å². The van der Waals surface area contributed by atoms with Gasteiger partial charge in [-0.2, -0.15) is 0 Å². The molecule has 0 N–H and O–H groups in total. The molecule has 2 heterocycles. The summed E-state index contributed by atoms with van der Waals surface area (Å²) in [6, 6.07) is 3.94. The fourth-order valence-electron chi connectivity index (χ4n) is 2.48. The van der Waals surface area contributed by atoms with Gasteiger partial charge in [0.2, 0.25) is 0 Å². The van der Waals surface area contributed by atoms with Gasteiger partial charge in [-0.3, -0.25) is 4.98 Å². The van der Waals surface area contributed by atoms with Gasteiger partial charge in [0.1, 0.15) is 5.82 Å². The van der Waals surface area contributed by atoms with Crippen molar-refractivity contribution in [2.24, 2.45) is 5.92 Å². The average Bonchev–Trinajstić information content (AvgIpc) is 3.24. The summed E-state index contributed by atoms with van der Waals surface area (Å²) in [5, 5.41) is 0. The standard InChI is InChI=1S/C15H16BF3N3O.K/c1-9-3-4-14(21-6-9)12-5-11(12)8-23-15-13(16(17,18)19)7-20-10(2)22-15;/h3-4,6-7,11-12H,5,8H2,1-2H3;/q-1;+1/t11-,12+;/m1./s1. The molecule has 4 nitrogen and oxygen atoms in total. The molecule has 0 aliphatic heterocycles. The maximum Gasteiger partial charge on any atom is 1.00 e. The molecule has 0 radical (unpaired) electrons. The summed E-state index contributed by atoms with van der Waals surface area (Å²) in [6.45, 7) is -1.49. The first-order valence-electron chi connectivity index (χ1n) is 7.43. The molecule has 1 saturated carbocycles. The van der Waals surface area contributed by atoms with E-state index in [0.29, 0.717) is 0 Å². The first-order chi connectivity index (χ1) is 10.8. The van der Waals surface area contributed by atoms with Crippen LogP contribution < -0.4 is 61.6 Å². The van der Waals surface area contributed by atoms with Crippen LogP contribution in [0.15, 0.2) is 24.5 Å². The predicted molar refractivity (Wildman–Crippen MR) is 80.8 cm³/mol. The first-order valence-corrected chi connectivity index (χ1v) is 7.43. The molecule has 1 fully saturated rings. The minimum atomic E-state index is -5.19. The Balaban J connectivity index is 0.00000208. The van der Waals surface area contributed by atoms with Crippen molar-refractivity contribution in [3.63, 3.8) is 0 Å². The van der Waals surface area contributed by atoms with Crippen molar-refractivity contribution in [1.82, 2.24) is 15.0 Å². The van der Waals surface area contributed by atoms with Crippen LogP contribution in [0.2, 0.25) is 0 Å². The molecular weight excluding hydrogens is 345 g/mol. The van der Waals surface area contributed by atoms with Crippen molar-refractivity contribution >= 4 is 12.4 Å². The Morgan fingerprint density at radius 2 is 1.92 bits per heavy atom. The molecule has 122 valence electrons. The van der Waals surface area contributed by atoms with Crippen LogP contribution in [-0.4, -0.2) is 28.5 Å². The third kappa shape index (κ3) is 4.78. The largest absolute Gasteiger partial charge is 1.00 e. The van der Waals surface area contributed by atoms with Gasteiger partial charge in [-0.15, -0.1) is 0 Å². The molecule has 0 spiro atoms. The second-order valence-corrected chi connectivity index (χ2v) is 5.93. The number of ether oxygens (including phenoxy) is 1. The van der Waals surface area contributed by atoms with Gasteiger partial charge in [-0.05, 0) is 37.4 Å². The molecule has 2 aromatic rings. The number of halogens is 3. The van der Waals surface area contributed by atoms with E-state index in [0.717, 1.165) is 23.9 Å². The van der Waals surface area contributed by atoms with Crippen LogP contribution in [-0.2, 0) is 0 Å². The molecule has 0 saturated heterocycles. The van der Waals surface area contributed by atoms with Crippen LogP contribution in [0.4, 0.5) is 12.9 Å². The van der Waals surface area contributed by atoms with E-state index in [4.69, 9.17) is 4.74 Å². The zero-order valence-corrected chi connectivity index (χ0v) is 17.0. The van der Waals surface area contributed by atoms with E-state index in [9.17, 15) is 12.9 Å². The van der Waals surface area contributed by atoms with Crippen molar-refractivity contribution in [2.45, 2.75) is 26.2 Å². The summed E-state index contributed by atoms with van der Waals surface area (Å²) < 4.78 is 44.3. The van der Waals surface area contributed by atoms with Gasteiger partial charge in [-0.1, -0.05) is 6.07 Å². The van der Waals surface area contributed by atoms with E-state index in [-0.39, 0.29) is 81.5 Å². The Labute approximate surface area is 181 Å².